The van der Waals surface area contributed by atoms with Crippen LogP contribution in [0.3, 0.4) is 0 Å². The van der Waals surface area contributed by atoms with E-state index in [9.17, 15) is 4.79 Å². The molecule has 28 heavy (non-hydrogen) atoms. The van der Waals surface area contributed by atoms with E-state index in [4.69, 9.17) is 9.57 Å². The number of benzene rings is 2. The Morgan fingerprint density at radius 3 is 2.86 bits per heavy atom. The van der Waals surface area contributed by atoms with Crippen molar-refractivity contribution in [1.29, 1.82) is 0 Å². The standard InChI is InChI=1S/C21H20N4O3/c1-27-18-8-6-16(7-9-18)19-13-20(28-24-19)21(26)23-17-5-2-4-15(12-17)14-25-11-3-10-22-25/h2-12,20H,13-14H2,1H3,(H,23,26). The van der Waals surface area contributed by atoms with Gasteiger partial charge >= 0.3 is 0 Å². The summed E-state index contributed by atoms with van der Waals surface area (Å²) in [6.07, 6.45) is 3.41. The van der Waals surface area contributed by atoms with Gasteiger partial charge in [-0.25, -0.2) is 0 Å². The van der Waals surface area contributed by atoms with Gasteiger partial charge in [-0.3, -0.25) is 9.48 Å². The Morgan fingerprint density at radius 2 is 2.11 bits per heavy atom. The van der Waals surface area contributed by atoms with Crippen LogP contribution in [0.5, 0.6) is 5.75 Å². The Bertz CT molecular complexity index is 981. The molecule has 2 heterocycles. The molecule has 1 unspecified atom stereocenters. The fourth-order valence-corrected chi connectivity index (χ4v) is 3.02. The highest BCUT2D eigenvalue weighted by molar-refractivity contribution is 6.06. The van der Waals surface area contributed by atoms with E-state index in [0.29, 0.717) is 13.0 Å². The number of hydrogen-bond donors (Lipinski definition) is 1. The van der Waals surface area contributed by atoms with E-state index in [-0.39, 0.29) is 5.91 Å². The van der Waals surface area contributed by atoms with Crippen LogP contribution in [-0.4, -0.2) is 34.6 Å². The molecule has 7 heteroatoms. The molecular formula is C21H20N4O3. The van der Waals surface area contributed by atoms with Crippen LogP contribution in [0.1, 0.15) is 17.5 Å². The highest BCUT2D eigenvalue weighted by Gasteiger charge is 2.29. The average Bonchev–Trinajstić information content (AvgIpc) is 3.40. The Kier molecular flexibility index (Phi) is 5.05. The number of oxime groups is 1. The van der Waals surface area contributed by atoms with Crippen LogP contribution in [0.15, 0.2) is 72.1 Å². The van der Waals surface area contributed by atoms with Crippen LogP contribution in [0.2, 0.25) is 0 Å². The normalized spacial score (nSPS) is 15.6. The van der Waals surface area contributed by atoms with Gasteiger partial charge in [0.15, 0.2) is 0 Å². The molecule has 0 bridgehead atoms. The van der Waals surface area contributed by atoms with E-state index < -0.39 is 6.10 Å². The summed E-state index contributed by atoms with van der Waals surface area (Å²) in [7, 11) is 1.62. The molecule has 0 fully saturated rings. The van der Waals surface area contributed by atoms with Gasteiger partial charge in [-0.05, 0) is 53.6 Å². The molecule has 142 valence electrons. The zero-order valence-electron chi connectivity index (χ0n) is 15.4. The molecule has 2 aromatic carbocycles. The maximum Gasteiger partial charge on any atom is 0.268 e. The van der Waals surface area contributed by atoms with E-state index >= 15 is 0 Å². The molecule has 1 aromatic heterocycles. The number of carbonyl (C=O) groups is 1. The Morgan fingerprint density at radius 1 is 1.25 bits per heavy atom. The summed E-state index contributed by atoms with van der Waals surface area (Å²) in [5.41, 5.74) is 3.42. The first-order valence-corrected chi connectivity index (χ1v) is 8.95. The smallest absolute Gasteiger partial charge is 0.268 e. The fourth-order valence-electron chi connectivity index (χ4n) is 3.02. The number of methoxy groups -OCH3 is 1. The van der Waals surface area contributed by atoms with Gasteiger partial charge < -0.3 is 14.9 Å². The molecule has 1 aliphatic heterocycles. The van der Waals surface area contributed by atoms with Gasteiger partial charge in [0.25, 0.3) is 5.91 Å². The first kappa shape index (κ1) is 17.8. The van der Waals surface area contributed by atoms with Crippen molar-refractivity contribution >= 4 is 17.3 Å². The predicted molar refractivity (Wildman–Crippen MR) is 105 cm³/mol. The molecule has 1 N–H and O–H groups in total. The summed E-state index contributed by atoms with van der Waals surface area (Å²) < 4.78 is 6.99. The van der Waals surface area contributed by atoms with Crippen LogP contribution in [0.4, 0.5) is 5.69 Å². The lowest BCUT2D eigenvalue weighted by atomic mass is 10.0. The first-order valence-electron chi connectivity index (χ1n) is 8.95. The van der Waals surface area contributed by atoms with Crippen LogP contribution in [-0.2, 0) is 16.2 Å². The van der Waals surface area contributed by atoms with E-state index in [1.54, 1.807) is 13.3 Å². The lowest BCUT2D eigenvalue weighted by molar-refractivity contribution is -0.125. The zero-order valence-corrected chi connectivity index (χ0v) is 15.4. The quantitative estimate of drug-likeness (QED) is 0.717. The third-order valence-electron chi connectivity index (χ3n) is 4.48. The Balaban J connectivity index is 1.37. The number of nitrogens with one attached hydrogen (secondary N) is 1. The number of hydrogen-bond acceptors (Lipinski definition) is 5. The maximum absolute atomic E-state index is 12.6. The number of aromatic nitrogens is 2. The topological polar surface area (TPSA) is 77.7 Å². The second-order valence-corrected chi connectivity index (χ2v) is 6.46. The summed E-state index contributed by atoms with van der Waals surface area (Å²) in [5, 5.41) is 11.2. The number of anilines is 1. The van der Waals surface area contributed by atoms with Gasteiger partial charge in [-0.1, -0.05) is 17.3 Å². The second kappa shape index (κ2) is 7.96. The molecule has 0 radical (unpaired) electrons. The number of rotatable bonds is 6. The number of amides is 1. The molecule has 3 aromatic rings. The second-order valence-electron chi connectivity index (χ2n) is 6.46. The number of ether oxygens (including phenoxy) is 1. The summed E-state index contributed by atoms with van der Waals surface area (Å²) >= 11 is 0. The monoisotopic (exact) mass is 376 g/mol. The van der Waals surface area contributed by atoms with Crippen LogP contribution in [0.25, 0.3) is 0 Å². The summed E-state index contributed by atoms with van der Waals surface area (Å²) in [5.74, 6) is 0.552. The van der Waals surface area contributed by atoms with Crippen molar-refractivity contribution in [2.75, 3.05) is 12.4 Å². The zero-order chi connectivity index (χ0) is 19.3. The average molecular weight is 376 g/mol. The summed E-state index contributed by atoms with van der Waals surface area (Å²) in [4.78, 5) is 17.9. The van der Waals surface area contributed by atoms with E-state index in [1.165, 1.54) is 0 Å². The number of carbonyl (C=O) groups excluding carboxylic acids is 1. The van der Waals surface area contributed by atoms with Crippen LogP contribution in [0, 0.1) is 0 Å². The van der Waals surface area contributed by atoms with Gasteiger partial charge in [0.05, 0.1) is 19.4 Å². The lowest BCUT2D eigenvalue weighted by Crippen LogP contribution is -2.28. The molecular weight excluding hydrogens is 356 g/mol. The van der Waals surface area contributed by atoms with Gasteiger partial charge in [-0.2, -0.15) is 5.10 Å². The van der Waals surface area contributed by atoms with Crippen LogP contribution < -0.4 is 10.1 Å². The summed E-state index contributed by atoms with van der Waals surface area (Å²) in [6.45, 7) is 0.640. The van der Waals surface area contributed by atoms with Crippen LogP contribution >= 0.6 is 0 Å². The summed E-state index contributed by atoms with van der Waals surface area (Å²) in [6, 6.07) is 17.1. The molecule has 0 aliphatic carbocycles. The Labute approximate surface area is 162 Å². The fraction of sp³-hybridized carbons (Fsp3) is 0.190. The van der Waals surface area contributed by atoms with Crippen molar-refractivity contribution < 1.29 is 14.4 Å². The van der Waals surface area contributed by atoms with E-state index in [2.05, 4.69) is 15.6 Å². The molecule has 0 saturated heterocycles. The van der Waals surface area contributed by atoms with Gasteiger partial charge in [-0.15, -0.1) is 0 Å². The van der Waals surface area contributed by atoms with Gasteiger partial charge in [0.2, 0.25) is 6.10 Å². The molecule has 1 atom stereocenters. The highest BCUT2D eigenvalue weighted by Crippen LogP contribution is 2.21. The largest absolute Gasteiger partial charge is 0.497 e. The number of nitrogens with zero attached hydrogens (tertiary/aromatic N) is 3. The third-order valence-corrected chi connectivity index (χ3v) is 4.48. The molecule has 1 amide bonds. The minimum Gasteiger partial charge on any atom is -0.497 e. The van der Waals surface area contributed by atoms with Crippen molar-refractivity contribution in [2.45, 2.75) is 19.1 Å². The molecule has 1 aliphatic rings. The van der Waals surface area contributed by atoms with Crippen molar-refractivity contribution in [3.05, 3.63) is 78.1 Å². The van der Waals surface area contributed by atoms with E-state index in [1.807, 2.05) is 65.5 Å². The third kappa shape index (κ3) is 4.03. The first-order chi connectivity index (χ1) is 13.7. The van der Waals surface area contributed by atoms with E-state index in [0.717, 1.165) is 28.3 Å². The van der Waals surface area contributed by atoms with Crippen molar-refractivity contribution in [1.82, 2.24) is 9.78 Å². The lowest BCUT2D eigenvalue weighted by Gasteiger charge is -2.11. The van der Waals surface area contributed by atoms with Crippen molar-refractivity contribution in [3.63, 3.8) is 0 Å². The SMILES string of the molecule is COc1ccc(C2=NOC(C(=O)Nc3cccc(Cn4cccn4)c3)C2)cc1. The maximum atomic E-state index is 12.6. The van der Waals surface area contributed by atoms with Gasteiger partial charge in [0, 0.05) is 24.5 Å². The van der Waals surface area contributed by atoms with Gasteiger partial charge in [0.1, 0.15) is 5.75 Å². The minimum atomic E-state index is -0.646. The molecule has 0 spiro atoms. The van der Waals surface area contributed by atoms with Crippen molar-refractivity contribution in [3.8, 4) is 5.75 Å². The molecule has 0 saturated carbocycles. The van der Waals surface area contributed by atoms with Crippen molar-refractivity contribution in [2.24, 2.45) is 5.16 Å². The highest BCUT2D eigenvalue weighted by atomic mass is 16.6. The minimum absolute atomic E-state index is 0.219. The predicted octanol–water partition coefficient (Wildman–Crippen LogP) is 3.07. The Hall–Kier alpha value is -3.61. The molecule has 4 rings (SSSR count). The molecule has 7 nitrogen and oxygen atoms in total.